The van der Waals surface area contributed by atoms with Crippen LogP contribution in [0.15, 0.2) is 29.4 Å². The number of hydrogen-bond acceptors (Lipinski definition) is 6. The molecule has 0 aliphatic carbocycles. The van der Waals surface area contributed by atoms with Gasteiger partial charge in [-0.25, -0.2) is 10.2 Å². The van der Waals surface area contributed by atoms with Crippen LogP contribution in [0.5, 0.6) is 0 Å². The lowest BCUT2D eigenvalue weighted by Gasteiger charge is -2.18. The minimum absolute atomic E-state index is 0.103. The Balaban J connectivity index is 3.18. The molecule has 0 aliphatic rings. The van der Waals surface area contributed by atoms with E-state index in [1.54, 1.807) is 0 Å². The number of non-ortho nitro benzene ring substituents is 1. The standard InChI is InChI=1S/C12H15N5O5/c1-7(19)14-10(6-18)11(15-16-12(13)20)8-2-4-9(5-3-8)17(21)22/h2-5,10,18H,6H2,1H3,(H,14,19)(H3,13,16,20)/t10-/m1/s1. The first-order valence-electron chi connectivity index (χ1n) is 6.11. The molecule has 1 aromatic carbocycles. The number of nitro benzene ring substituents is 1. The Morgan fingerprint density at radius 2 is 2.00 bits per heavy atom. The quantitative estimate of drug-likeness (QED) is 0.315. The second kappa shape index (κ2) is 7.69. The highest BCUT2D eigenvalue weighted by molar-refractivity contribution is 6.06. The van der Waals surface area contributed by atoms with Gasteiger partial charge in [-0.2, -0.15) is 5.10 Å². The van der Waals surface area contributed by atoms with E-state index >= 15 is 0 Å². The van der Waals surface area contributed by atoms with Gasteiger partial charge >= 0.3 is 6.03 Å². The van der Waals surface area contributed by atoms with Crippen LogP contribution in [0.1, 0.15) is 12.5 Å². The summed E-state index contributed by atoms with van der Waals surface area (Å²) in [6.45, 7) is 0.757. The van der Waals surface area contributed by atoms with E-state index in [0.29, 0.717) is 5.56 Å². The first-order chi connectivity index (χ1) is 10.3. The van der Waals surface area contributed by atoms with E-state index in [-0.39, 0.29) is 11.4 Å². The van der Waals surface area contributed by atoms with Crippen molar-refractivity contribution >= 4 is 23.3 Å². The molecule has 0 heterocycles. The topological polar surface area (TPSA) is 160 Å². The molecule has 0 saturated heterocycles. The van der Waals surface area contributed by atoms with Crippen LogP contribution in [0.4, 0.5) is 10.5 Å². The molecule has 0 aliphatic heterocycles. The van der Waals surface area contributed by atoms with Gasteiger partial charge in [-0.3, -0.25) is 14.9 Å². The smallest absolute Gasteiger partial charge is 0.332 e. The first kappa shape index (κ1) is 17.0. The highest BCUT2D eigenvalue weighted by atomic mass is 16.6. The average Bonchev–Trinajstić information content (AvgIpc) is 2.45. The minimum atomic E-state index is -0.932. The number of urea groups is 1. The van der Waals surface area contributed by atoms with Crippen molar-refractivity contribution < 1.29 is 19.6 Å². The summed E-state index contributed by atoms with van der Waals surface area (Å²) in [4.78, 5) is 32.0. The maximum Gasteiger partial charge on any atom is 0.332 e. The Morgan fingerprint density at radius 1 is 1.41 bits per heavy atom. The van der Waals surface area contributed by atoms with E-state index < -0.39 is 29.5 Å². The van der Waals surface area contributed by atoms with Crippen molar-refractivity contribution in [2.75, 3.05) is 6.61 Å². The van der Waals surface area contributed by atoms with Crippen LogP contribution in [0.25, 0.3) is 0 Å². The molecule has 10 nitrogen and oxygen atoms in total. The summed E-state index contributed by atoms with van der Waals surface area (Å²) in [5.41, 5.74) is 7.27. The monoisotopic (exact) mass is 309 g/mol. The summed E-state index contributed by atoms with van der Waals surface area (Å²) < 4.78 is 0. The number of rotatable bonds is 6. The lowest BCUT2D eigenvalue weighted by Crippen LogP contribution is -2.44. The third-order valence-electron chi connectivity index (χ3n) is 2.55. The van der Waals surface area contributed by atoms with E-state index in [4.69, 9.17) is 5.73 Å². The first-order valence-corrected chi connectivity index (χ1v) is 6.11. The zero-order valence-corrected chi connectivity index (χ0v) is 11.6. The van der Waals surface area contributed by atoms with Gasteiger partial charge < -0.3 is 16.2 Å². The van der Waals surface area contributed by atoms with Gasteiger partial charge in [-0.05, 0) is 12.1 Å². The molecule has 5 N–H and O–H groups in total. The molecule has 0 fully saturated rings. The van der Waals surface area contributed by atoms with Crippen molar-refractivity contribution in [3.63, 3.8) is 0 Å². The van der Waals surface area contributed by atoms with Crippen LogP contribution in [0, 0.1) is 10.1 Å². The maximum atomic E-state index is 11.2. The zero-order valence-electron chi connectivity index (χ0n) is 11.6. The number of aliphatic hydroxyl groups is 1. The fraction of sp³-hybridized carbons (Fsp3) is 0.250. The molecule has 0 unspecified atom stereocenters. The molecule has 0 saturated carbocycles. The molecule has 1 aromatic rings. The van der Waals surface area contributed by atoms with Gasteiger partial charge in [0, 0.05) is 24.6 Å². The normalized spacial score (nSPS) is 12.4. The number of carbonyl (C=O) groups is 2. The van der Waals surface area contributed by atoms with Gasteiger partial charge in [0.2, 0.25) is 5.91 Å². The number of hydrazone groups is 1. The van der Waals surface area contributed by atoms with E-state index in [9.17, 15) is 24.8 Å². The molecule has 0 bridgehead atoms. The SMILES string of the molecule is CC(=O)N[C@H](CO)C(=NNC(N)=O)c1ccc([N+](=O)[O-])cc1. The Morgan fingerprint density at radius 3 is 2.41 bits per heavy atom. The maximum absolute atomic E-state index is 11.2. The molecule has 1 rings (SSSR count). The number of primary amides is 1. The van der Waals surface area contributed by atoms with E-state index in [1.807, 2.05) is 5.43 Å². The Labute approximate surface area is 125 Å². The Kier molecular flexibility index (Phi) is 5.96. The molecule has 22 heavy (non-hydrogen) atoms. The van der Waals surface area contributed by atoms with Gasteiger partial charge in [0.15, 0.2) is 0 Å². The van der Waals surface area contributed by atoms with Crippen LogP contribution in [0.2, 0.25) is 0 Å². The largest absolute Gasteiger partial charge is 0.394 e. The van der Waals surface area contributed by atoms with Gasteiger partial charge in [0.1, 0.15) is 0 Å². The second-order valence-electron chi connectivity index (χ2n) is 4.21. The third-order valence-corrected chi connectivity index (χ3v) is 2.55. The van der Waals surface area contributed by atoms with Gasteiger partial charge in [0.25, 0.3) is 5.69 Å². The highest BCUT2D eigenvalue weighted by Crippen LogP contribution is 2.14. The fourth-order valence-electron chi connectivity index (χ4n) is 1.66. The number of amides is 3. The molecule has 0 spiro atoms. The Bertz CT molecular complexity index is 598. The summed E-state index contributed by atoms with van der Waals surface area (Å²) in [5, 5.41) is 26.2. The van der Waals surface area contributed by atoms with Gasteiger partial charge in [-0.1, -0.05) is 0 Å². The van der Waals surface area contributed by atoms with E-state index in [1.165, 1.54) is 31.2 Å². The fourth-order valence-corrected chi connectivity index (χ4v) is 1.66. The molecule has 118 valence electrons. The zero-order chi connectivity index (χ0) is 16.7. The molecule has 1 atom stereocenters. The molecule has 0 aromatic heterocycles. The second-order valence-corrected chi connectivity index (χ2v) is 4.21. The summed E-state index contributed by atoms with van der Waals surface area (Å²) in [6, 6.07) is 3.38. The summed E-state index contributed by atoms with van der Waals surface area (Å²) >= 11 is 0. The van der Waals surface area contributed by atoms with Crippen molar-refractivity contribution in [1.82, 2.24) is 10.7 Å². The number of aliphatic hydroxyl groups excluding tert-OH is 1. The number of benzene rings is 1. The highest BCUT2D eigenvalue weighted by Gasteiger charge is 2.19. The number of nitrogens with zero attached hydrogens (tertiary/aromatic N) is 2. The van der Waals surface area contributed by atoms with Crippen LogP contribution >= 0.6 is 0 Å². The number of nitrogens with one attached hydrogen (secondary N) is 2. The molecule has 3 amide bonds. The third kappa shape index (κ3) is 4.83. The summed E-state index contributed by atoms with van der Waals surface area (Å²) in [6.07, 6.45) is 0. The Hall–Kier alpha value is -3.01. The summed E-state index contributed by atoms with van der Waals surface area (Å²) in [5.74, 6) is -0.423. The number of nitrogens with two attached hydrogens (primary N) is 1. The lowest BCUT2D eigenvalue weighted by atomic mass is 10.0. The van der Waals surface area contributed by atoms with Crippen LogP contribution in [-0.4, -0.2) is 40.3 Å². The van der Waals surface area contributed by atoms with Crippen molar-refractivity contribution in [3.05, 3.63) is 39.9 Å². The molecule has 0 radical (unpaired) electrons. The van der Waals surface area contributed by atoms with Crippen molar-refractivity contribution in [3.8, 4) is 0 Å². The number of hydrogen-bond donors (Lipinski definition) is 4. The number of nitro groups is 1. The molecular weight excluding hydrogens is 294 g/mol. The minimum Gasteiger partial charge on any atom is -0.394 e. The van der Waals surface area contributed by atoms with Crippen molar-refractivity contribution in [1.29, 1.82) is 0 Å². The van der Waals surface area contributed by atoms with Crippen LogP contribution < -0.4 is 16.5 Å². The van der Waals surface area contributed by atoms with E-state index in [0.717, 1.165) is 0 Å². The molecule has 10 heteroatoms. The van der Waals surface area contributed by atoms with E-state index in [2.05, 4.69) is 10.4 Å². The number of carbonyl (C=O) groups excluding carboxylic acids is 2. The van der Waals surface area contributed by atoms with Crippen molar-refractivity contribution in [2.24, 2.45) is 10.8 Å². The predicted octanol–water partition coefficient (Wildman–Crippen LogP) is -0.536. The lowest BCUT2D eigenvalue weighted by molar-refractivity contribution is -0.384. The van der Waals surface area contributed by atoms with Crippen LogP contribution in [-0.2, 0) is 4.79 Å². The summed E-state index contributed by atoms with van der Waals surface area (Å²) in [7, 11) is 0. The van der Waals surface area contributed by atoms with Crippen molar-refractivity contribution in [2.45, 2.75) is 13.0 Å². The predicted molar refractivity (Wildman–Crippen MR) is 77.0 cm³/mol. The average molecular weight is 309 g/mol. The van der Waals surface area contributed by atoms with Gasteiger partial charge in [0.05, 0.1) is 23.3 Å². The molecular formula is C12H15N5O5. The van der Waals surface area contributed by atoms with Crippen LogP contribution in [0.3, 0.4) is 0 Å². The van der Waals surface area contributed by atoms with Gasteiger partial charge in [-0.15, -0.1) is 0 Å².